The Bertz CT molecular complexity index is 612. The summed E-state index contributed by atoms with van der Waals surface area (Å²) >= 11 is 2.06. The maximum Gasteiger partial charge on any atom is 0.264 e. The van der Waals surface area contributed by atoms with Gasteiger partial charge in [0.25, 0.3) is 5.56 Å². The molecule has 1 aromatic carbocycles. The van der Waals surface area contributed by atoms with Crippen LogP contribution in [0.4, 0.5) is 0 Å². The summed E-state index contributed by atoms with van der Waals surface area (Å²) in [5.41, 5.74) is 1.55. The number of nitrogens with zero attached hydrogens (tertiary/aromatic N) is 1. The average molecular weight is 354 g/mol. The lowest BCUT2D eigenvalue weighted by Crippen LogP contribution is -2.24. The molecule has 0 fully saturated rings. The van der Waals surface area contributed by atoms with Crippen LogP contribution in [-0.2, 0) is 5.41 Å². The zero-order valence-corrected chi connectivity index (χ0v) is 12.8. The van der Waals surface area contributed by atoms with Crippen molar-refractivity contribution in [3.8, 4) is 11.4 Å². The van der Waals surface area contributed by atoms with Crippen molar-refractivity contribution < 1.29 is 0 Å². The zero-order valence-electron chi connectivity index (χ0n) is 10.6. The highest BCUT2D eigenvalue weighted by molar-refractivity contribution is 14.1. The van der Waals surface area contributed by atoms with E-state index in [1.165, 1.54) is 0 Å². The average Bonchev–Trinajstić information content (AvgIpc) is 2.32. The summed E-state index contributed by atoms with van der Waals surface area (Å²) in [5, 5.41) is 0. The van der Waals surface area contributed by atoms with Gasteiger partial charge in [-0.1, -0.05) is 51.1 Å². The van der Waals surface area contributed by atoms with E-state index in [1.807, 2.05) is 30.3 Å². The second-order valence-corrected chi connectivity index (χ2v) is 6.27. The van der Waals surface area contributed by atoms with Crippen LogP contribution in [0.5, 0.6) is 0 Å². The van der Waals surface area contributed by atoms with Gasteiger partial charge >= 0.3 is 0 Å². The summed E-state index contributed by atoms with van der Waals surface area (Å²) < 4.78 is 0.666. The first kappa shape index (κ1) is 13.3. The second-order valence-electron chi connectivity index (χ2n) is 5.19. The highest BCUT2D eigenvalue weighted by Gasteiger charge is 2.22. The van der Waals surface area contributed by atoms with Crippen LogP contribution in [0, 0.1) is 3.57 Å². The Morgan fingerprint density at radius 1 is 1.17 bits per heavy atom. The van der Waals surface area contributed by atoms with Crippen LogP contribution in [-0.4, -0.2) is 9.97 Å². The van der Waals surface area contributed by atoms with Gasteiger partial charge < -0.3 is 4.98 Å². The highest BCUT2D eigenvalue weighted by Crippen LogP contribution is 2.25. The number of rotatable bonds is 1. The third kappa shape index (κ3) is 2.63. The van der Waals surface area contributed by atoms with Gasteiger partial charge in [-0.25, -0.2) is 4.98 Å². The van der Waals surface area contributed by atoms with Crippen LogP contribution in [0.25, 0.3) is 11.4 Å². The van der Waals surface area contributed by atoms with Crippen LogP contribution in [0.3, 0.4) is 0 Å². The molecule has 0 radical (unpaired) electrons. The molecule has 0 amide bonds. The molecule has 0 aliphatic carbocycles. The molecule has 94 valence electrons. The Balaban J connectivity index is 2.66. The lowest BCUT2D eigenvalue weighted by Gasteiger charge is -2.19. The summed E-state index contributed by atoms with van der Waals surface area (Å²) in [5.74, 6) is 0.631. The fourth-order valence-corrected chi connectivity index (χ4v) is 2.75. The first-order valence-electron chi connectivity index (χ1n) is 5.75. The molecule has 1 heterocycles. The van der Waals surface area contributed by atoms with Crippen LogP contribution in [0.15, 0.2) is 35.1 Å². The number of halogens is 1. The molecule has 3 nitrogen and oxygen atoms in total. The van der Waals surface area contributed by atoms with E-state index in [-0.39, 0.29) is 11.0 Å². The predicted octanol–water partition coefficient (Wildman–Crippen LogP) is 3.34. The Hall–Kier alpha value is -1.17. The van der Waals surface area contributed by atoms with E-state index in [9.17, 15) is 4.79 Å². The molecule has 2 rings (SSSR count). The molecular formula is C14H15IN2O. The standard InChI is InChI=1S/C14H15IN2O/c1-14(2,3)11-10(15)13(18)17-12(16-11)9-7-5-4-6-8-9/h4-8H,1-3H3,(H,16,17,18). The van der Waals surface area contributed by atoms with E-state index in [2.05, 4.69) is 53.3 Å². The molecule has 1 N–H and O–H groups in total. The number of nitrogens with one attached hydrogen (secondary N) is 1. The van der Waals surface area contributed by atoms with Gasteiger partial charge in [0.2, 0.25) is 0 Å². The summed E-state index contributed by atoms with van der Waals surface area (Å²) in [6.07, 6.45) is 0. The van der Waals surface area contributed by atoms with Crippen molar-refractivity contribution in [3.63, 3.8) is 0 Å². The second kappa shape index (κ2) is 4.84. The van der Waals surface area contributed by atoms with Crippen molar-refractivity contribution in [2.75, 3.05) is 0 Å². The lowest BCUT2D eigenvalue weighted by molar-refractivity contribution is 0.562. The summed E-state index contributed by atoms with van der Waals surface area (Å²) in [7, 11) is 0. The zero-order chi connectivity index (χ0) is 13.3. The van der Waals surface area contributed by atoms with Gasteiger partial charge in [0.1, 0.15) is 9.39 Å². The summed E-state index contributed by atoms with van der Waals surface area (Å²) in [6, 6.07) is 9.70. The summed E-state index contributed by atoms with van der Waals surface area (Å²) in [6.45, 7) is 6.18. The molecule has 0 aliphatic heterocycles. The largest absolute Gasteiger partial charge is 0.306 e. The van der Waals surface area contributed by atoms with E-state index >= 15 is 0 Å². The van der Waals surface area contributed by atoms with Crippen molar-refractivity contribution in [2.24, 2.45) is 0 Å². The fraction of sp³-hybridized carbons (Fsp3) is 0.286. The quantitative estimate of drug-likeness (QED) is 0.799. The Morgan fingerprint density at radius 2 is 1.78 bits per heavy atom. The topological polar surface area (TPSA) is 45.8 Å². The maximum atomic E-state index is 12.0. The smallest absolute Gasteiger partial charge is 0.264 e. The molecular weight excluding hydrogens is 339 g/mol. The number of hydrogen-bond acceptors (Lipinski definition) is 2. The molecule has 18 heavy (non-hydrogen) atoms. The monoisotopic (exact) mass is 354 g/mol. The summed E-state index contributed by atoms with van der Waals surface area (Å²) in [4.78, 5) is 19.4. The lowest BCUT2D eigenvalue weighted by atomic mass is 9.92. The van der Waals surface area contributed by atoms with Gasteiger partial charge in [0.15, 0.2) is 0 Å². The number of benzene rings is 1. The Morgan fingerprint density at radius 3 is 2.33 bits per heavy atom. The van der Waals surface area contributed by atoms with Crippen molar-refractivity contribution in [2.45, 2.75) is 26.2 Å². The van der Waals surface area contributed by atoms with Gasteiger partial charge in [-0.2, -0.15) is 0 Å². The van der Waals surface area contributed by atoms with Crippen LogP contribution < -0.4 is 5.56 Å². The van der Waals surface area contributed by atoms with Gasteiger partial charge in [-0.15, -0.1) is 0 Å². The van der Waals surface area contributed by atoms with Crippen molar-refractivity contribution in [1.29, 1.82) is 0 Å². The third-order valence-electron chi connectivity index (χ3n) is 2.62. The predicted molar refractivity (Wildman–Crippen MR) is 81.7 cm³/mol. The van der Waals surface area contributed by atoms with E-state index in [4.69, 9.17) is 0 Å². The first-order chi connectivity index (χ1) is 8.39. The van der Waals surface area contributed by atoms with Crippen LogP contribution >= 0.6 is 22.6 Å². The minimum Gasteiger partial charge on any atom is -0.306 e. The number of aromatic nitrogens is 2. The molecule has 0 atom stereocenters. The number of H-pyrrole nitrogens is 1. The van der Waals surface area contributed by atoms with E-state index < -0.39 is 0 Å². The van der Waals surface area contributed by atoms with Crippen molar-refractivity contribution in [1.82, 2.24) is 9.97 Å². The molecule has 0 bridgehead atoms. The van der Waals surface area contributed by atoms with Gasteiger partial charge in [0, 0.05) is 11.0 Å². The molecule has 4 heteroatoms. The van der Waals surface area contributed by atoms with Gasteiger partial charge in [-0.3, -0.25) is 4.79 Å². The molecule has 1 aromatic heterocycles. The minimum absolute atomic E-state index is 0.0746. The Kier molecular flexibility index (Phi) is 3.56. The molecule has 0 saturated heterocycles. The van der Waals surface area contributed by atoms with Gasteiger partial charge in [0.05, 0.1) is 5.69 Å². The first-order valence-corrected chi connectivity index (χ1v) is 6.83. The van der Waals surface area contributed by atoms with E-state index in [1.54, 1.807) is 0 Å². The van der Waals surface area contributed by atoms with Crippen LogP contribution in [0.1, 0.15) is 26.5 Å². The van der Waals surface area contributed by atoms with Crippen molar-refractivity contribution >= 4 is 22.6 Å². The van der Waals surface area contributed by atoms with E-state index in [0.29, 0.717) is 9.39 Å². The molecule has 0 aliphatic rings. The molecule has 0 saturated carbocycles. The SMILES string of the molecule is CC(C)(C)c1nc(-c2ccccc2)[nH]c(=O)c1I. The fourth-order valence-electron chi connectivity index (χ4n) is 1.69. The maximum absolute atomic E-state index is 12.0. The van der Waals surface area contributed by atoms with Crippen LogP contribution in [0.2, 0.25) is 0 Å². The normalized spacial score (nSPS) is 11.6. The van der Waals surface area contributed by atoms with Crippen molar-refractivity contribution in [3.05, 3.63) is 49.9 Å². The Labute approximate surface area is 120 Å². The minimum atomic E-state index is -0.145. The third-order valence-corrected chi connectivity index (χ3v) is 3.62. The van der Waals surface area contributed by atoms with E-state index in [0.717, 1.165) is 11.3 Å². The number of aromatic amines is 1. The molecule has 0 spiro atoms. The highest BCUT2D eigenvalue weighted by atomic mass is 127. The van der Waals surface area contributed by atoms with Gasteiger partial charge in [-0.05, 0) is 22.6 Å². The molecule has 2 aromatic rings. The number of hydrogen-bond donors (Lipinski definition) is 1. The molecule has 0 unspecified atom stereocenters.